The van der Waals surface area contributed by atoms with Crippen LogP contribution in [0.3, 0.4) is 0 Å². The van der Waals surface area contributed by atoms with Crippen molar-refractivity contribution in [3.8, 4) is 0 Å². The monoisotopic (exact) mass is 365 g/mol. The molecule has 0 fully saturated rings. The molecule has 8 heteroatoms. The topological polar surface area (TPSA) is 131 Å². The first-order valence-electron chi connectivity index (χ1n) is 8.36. The Morgan fingerprint density at radius 1 is 1.12 bits per heavy atom. The highest BCUT2D eigenvalue weighted by Gasteiger charge is 2.27. The van der Waals surface area contributed by atoms with Crippen LogP contribution in [0.25, 0.3) is 0 Å². The maximum absolute atomic E-state index is 12.6. The molecule has 0 radical (unpaired) electrons. The number of amides is 3. The van der Waals surface area contributed by atoms with E-state index in [-0.39, 0.29) is 19.4 Å². The number of aliphatic hydroxyl groups excluding tert-OH is 1. The molecule has 0 aromatic heterocycles. The van der Waals surface area contributed by atoms with E-state index in [9.17, 15) is 14.4 Å². The predicted molar refractivity (Wildman–Crippen MR) is 96.1 cm³/mol. The Bertz CT molecular complexity index is 613. The summed E-state index contributed by atoms with van der Waals surface area (Å²) in [5.41, 5.74) is 5.33. The summed E-state index contributed by atoms with van der Waals surface area (Å²) in [4.78, 5) is 36.0. The SMILES string of the molecule is CC(C)(C)OC(=O)N[C@@H](Cc1ccccc1)C(=O)N[C@@H](CCO)C(N)=O. The Morgan fingerprint density at radius 2 is 1.73 bits per heavy atom. The number of ether oxygens (including phenoxy) is 1. The van der Waals surface area contributed by atoms with Crippen molar-refractivity contribution in [3.63, 3.8) is 0 Å². The molecule has 1 aromatic rings. The number of carbonyl (C=O) groups is 3. The molecule has 0 bridgehead atoms. The van der Waals surface area contributed by atoms with Gasteiger partial charge >= 0.3 is 6.09 Å². The number of primary amides is 1. The summed E-state index contributed by atoms with van der Waals surface area (Å²) in [6.07, 6.45) is -0.548. The van der Waals surface area contributed by atoms with Crippen molar-refractivity contribution >= 4 is 17.9 Å². The van der Waals surface area contributed by atoms with Crippen LogP contribution in [0.15, 0.2) is 30.3 Å². The zero-order valence-corrected chi connectivity index (χ0v) is 15.3. The van der Waals surface area contributed by atoms with Crippen LogP contribution in [0.2, 0.25) is 0 Å². The van der Waals surface area contributed by atoms with Crippen LogP contribution >= 0.6 is 0 Å². The van der Waals surface area contributed by atoms with Crippen molar-refractivity contribution < 1.29 is 24.2 Å². The molecule has 0 saturated carbocycles. The van der Waals surface area contributed by atoms with Crippen molar-refractivity contribution in [2.75, 3.05) is 6.61 Å². The fraction of sp³-hybridized carbons (Fsp3) is 0.500. The van der Waals surface area contributed by atoms with Gasteiger partial charge in [0.05, 0.1) is 0 Å². The quantitative estimate of drug-likeness (QED) is 0.532. The molecule has 3 amide bonds. The molecule has 0 heterocycles. The lowest BCUT2D eigenvalue weighted by Crippen LogP contribution is -2.54. The van der Waals surface area contributed by atoms with Gasteiger partial charge in [-0.15, -0.1) is 0 Å². The summed E-state index contributed by atoms with van der Waals surface area (Å²) in [5, 5.41) is 14.0. The van der Waals surface area contributed by atoms with Crippen molar-refractivity contribution in [2.45, 2.75) is 51.3 Å². The van der Waals surface area contributed by atoms with Crippen molar-refractivity contribution in [2.24, 2.45) is 5.73 Å². The Labute approximate surface area is 153 Å². The van der Waals surface area contributed by atoms with E-state index in [0.29, 0.717) is 0 Å². The zero-order valence-electron chi connectivity index (χ0n) is 15.3. The standard InChI is InChI=1S/C18H27N3O5/c1-18(2,3)26-17(25)21-14(11-12-7-5-4-6-8-12)16(24)20-13(9-10-22)15(19)23/h4-8,13-14,22H,9-11H2,1-3H3,(H2,19,23)(H,20,24)(H,21,25)/t13-,14-/m0/s1. The predicted octanol–water partition coefficient (Wildman–Crippen LogP) is 0.475. The minimum absolute atomic E-state index is 0.00837. The van der Waals surface area contributed by atoms with Crippen LogP contribution in [0, 0.1) is 0 Å². The van der Waals surface area contributed by atoms with Gasteiger partial charge in [0.25, 0.3) is 0 Å². The highest BCUT2D eigenvalue weighted by atomic mass is 16.6. The van der Waals surface area contributed by atoms with Crippen molar-refractivity contribution in [1.82, 2.24) is 10.6 Å². The number of rotatable bonds is 8. The molecule has 0 saturated heterocycles. The van der Waals surface area contributed by atoms with E-state index in [4.69, 9.17) is 15.6 Å². The van der Waals surface area contributed by atoms with Gasteiger partial charge in [0.15, 0.2) is 0 Å². The number of aliphatic hydroxyl groups is 1. The molecule has 1 aromatic carbocycles. The number of hydrogen-bond acceptors (Lipinski definition) is 5. The zero-order chi connectivity index (χ0) is 19.7. The minimum atomic E-state index is -1.02. The highest BCUT2D eigenvalue weighted by molar-refractivity contribution is 5.90. The van der Waals surface area contributed by atoms with Gasteiger partial charge in [-0.05, 0) is 32.8 Å². The first-order valence-corrected chi connectivity index (χ1v) is 8.36. The molecule has 0 unspecified atom stereocenters. The summed E-state index contributed by atoms with van der Waals surface area (Å²) < 4.78 is 5.19. The number of carbonyl (C=O) groups excluding carboxylic acids is 3. The maximum atomic E-state index is 12.6. The molecule has 1 rings (SSSR count). The molecule has 26 heavy (non-hydrogen) atoms. The average molecular weight is 365 g/mol. The van der Waals surface area contributed by atoms with E-state index < -0.39 is 35.6 Å². The van der Waals surface area contributed by atoms with Crippen LogP contribution in [0.4, 0.5) is 4.79 Å². The smallest absolute Gasteiger partial charge is 0.408 e. The Morgan fingerprint density at radius 3 is 2.23 bits per heavy atom. The fourth-order valence-electron chi connectivity index (χ4n) is 2.20. The molecule has 0 aliphatic rings. The molecule has 0 aliphatic heterocycles. The van der Waals surface area contributed by atoms with Crippen LogP contribution in [0.1, 0.15) is 32.8 Å². The number of alkyl carbamates (subject to hydrolysis) is 1. The first kappa shape index (κ1) is 21.4. The Kier molecular flexibility index (Phi) is 8.05. The van der Waals surface area contributed by atoms with Crippen LogP contribution in [-0.2, 0) is 20.7 Å². The number of nitrogens with two attached hydrogens (primary N) is 1. The van der Waals surface area contributed by atoms with E-state index in [2.05, 4.69) is 10.6 Å². The fourth-order valence-corrected chi connectivity index (χ4v) is 2.20. The third-order valence-corrected chi connectivity index (χ3v) is 3.37. The maximum Gasteiger partial charge on any atom is 0.408 e. The highest BCUT2D eigenvalue weighted by Crippen LogP contribution is 2.09. The summed E-state index contributed by atoms with van der Waals surface area (Å²) >= 11 is 0. The van der Waals surface area contributed by atoms with E-state index in [0.717, 1.165) is 5.56 Å². The van der Waals surface area contributed by atoms with Crippen molar-refractivity contribution in [3.05, 3.63) is 35.9 Å². The molecule has 2 atom stereocenters. The molecule has 5 N–H and O–H groups in total. The van der Waals surface area contributed by atoms with Crippen LogP contribution in [0.5, 0.6) is 0 Å². The normalized spacial score (nSPS) is 13.4. The van der Waals surface area contributed by atoms with E-state index >= 15 is 0 Å². The average Bonchev–Trinajstić information content (AvgIpc) is 2.52. The molecular weight excluding hydrogens is 338 g/mol. The lowest BCUT2D eigenvalue weighted by Gasteiger charge is -2.24. The van der Waals surface area contributed by atoms with Gasteiger partial charge in [-0.25, -0.2) is 4.79 Å². The van der Waals surface area contributed by atoms with Gasteiger partial charge in [-0.1, -0.05) is 30.3 Å². The second kappa shape index (κ2) is 9.76. The number of hydrogen-bond donors (Lipinski definition) is 4. The first-order chi connectivity index (χ1) is 12.1. The Balaban J connectivity index is 2.89. The summed E-state index contributed by atoms with van der Waals surface area (Å²) in [6.45, 7) is 4.83. The largest absolute Gasteiger partial charge is 0.444 e. The lowest BCUT2D eigenvalue weighted by atomic mass is 10.0. The third kappa shape index (κ3) is 7.98. The van der Waals surface area contributed by atoms with Gasteiger partial charge in [0.1, 0.15) is 17.7 Å². The number of benzene rings is 1. The summed E-state index contributed by atoms with van der Waals surface area (Å²) in [5.74, 6) is -1.35. The molecule has 8 nitrogen and oxygen atoms in total. The summed E-state index contributed by atoms with van der Waals surface area (Å²) in [6, 6.07) is 7.11. The van der Waals surface area contributed by atoms with Gasteiger partial charge in [-0.2, -0.15) is 0 Å². The van der Waals surface area contributed by atoms with Gasteiger partial charge in [0.2, 0.25) is 11.8 Å². The van der Waals surface area contributed by atoms with Gasteiger partial charge in [-0.3, -0.25) is 9.59 Å². The summed E-state index contributed by atoms with van der Waals surface area (Å²) in [7, 11) is 0. The second-order valence-corrected chi connectivity index (χ2v) is 6.86. The third-order valence-electron chi connectivity index (χ3n) is 3.37. The van der Waals surface area contributed by atoms with E-state index in [1.165, 1.54) is 0 Å². The van der Waals surface area contributed by atoms with Gasteiger partial charge < -0.3 is 26.2 Å². The van der Waals surface area contributed by atoms with Crippen LogP contribution < -0.4 is 16.4 Å². The lowest BCUT2D eigenvalue weighted by molar-refractivity contribution is -0.128. The Hall–Kier alpha value is -2.61. The van der Waals surface area contributed by atoms with E-state index in [1.807, 2.05) is 30.3 Å². The molecule has 0 aliphatic carbocycles. The number of nitrogens with one attached hydrogen (secondary N) is 2. The minimum Gasteiger partial charge on any atom is -0.444 e. The molecular formula is C18H27N3O5. The van der Waals surface area contributed by atoms with Crippen LogP contribution in [-0.4, -0.2) is 47.3 Å². The molecule has 144 valence electrons. The van der Waals surface area contributed by atoms with Gasteiger partial charge in [0, 0.05) is 13.0 Å². The second-order valence-electron chi connectivity index (χ2n) is 6.86. The van der Waals surface area contributed by atoms with E-state index in [1.54, 1.807) is 20.8 Å². The van der Waals surface area contributed by atoms with Crippen molar-refractivity contribution in [1.29, 1.82) is 0 Å². The molecule has 0 spiro atoms.